The summed E-state index contributed by atoms with van der Waals surface area (Å²) in [6.45, 7) is 6.63. The summed E-state index contributed by atoms with van der Waals surface area (Å²) >= 11 is 0. The van der Waals surface area contributed by atoms with Gasteiger partial charge in [0.05, 0.1) is 6.61 Å². The summed E-state index contributed by atoms with van der Waals surface area (Å²) in [6.07, 6.45) is 2.85. The molecule has 0 aromatic heterocycles. The van der Waals surface area contributed by atoms with Gasteiger partial charge in [-0.3, -0.25) is 4.79 Å². The van der Waals surface area contributed by atoms with Crippen LogP contribution in [-0.2, 0) is 0 Å². The van der Waals surface area contributed by atoms with Crippen molar-refractivity contribution >= 4 is 17.6 Å². The topological polar surface area (TPSA) is 70.7 Å². The van der Waals surface area contributed by atoms with E-state index in [-0.39, 0.29) is 17.9 Å². The highest BCUT2D eigenvalue weighted by Crippen LogP contribution is 2.28. The van der Waals surface area contributed by atoms with Crippen LogP contribution in [0.25, 0.3) is 0 Å². The quantitative estimate of drug-likeness (QED) is 0.700. The zero-order valence-electron chi connectivity index (χ0n) is 17.8. The van der Waals surface area contributed by atoms with Crippen molar-refractivity contribution in [3.8, 4) is 5.75 Å². The van der Waals surface area contributed by atoms with Gasteiger partial charge in [-0.15, -0.1) is 0 Å². The van der Waals surface area contributed by atoms with Gasteiger partial charge in [0.2, 0.25) is 0 Å². The number of carbonyl (C=O) groups excluding carboxylic acids is 2. The third kappa shape index (κ3) is 5.75. The first kappa shape index (κ1) is 21.7. The number of likely N-dealkylation sites (tertiary alicyclic amines) is 1. The first-order valence-electron chi connectivity index (χ1n) is 10.8. The predicted octanol–water partition coefficient (Wildman–Crippen LogP) is 4.64. The minimum atomic E-state index is -0.0966. The third-order valence-electron chi connectivity index (χ3n) is 5.28. The Morgan fingerprint density at radius 1 is 1.13 bits per heavy atom. The molecule has 2 aromatic rings. The van der Waals surface area contributed by atoms with Crippen LogP contribution >= 0.6 is 0 Å². The van der Waals surface area contributed by atoms with E-state index in [1.54, 1.807) is 0 Å². The number of benzene rings is 2. The third-order valence-corrected chi connectivity index (χ3v) is 5.28. The highest BCUT2D eigenvalue weighted by molar-refractivity contribution is 5.94. The standard InChI is InChI=1S/C24H31N3O3/c1-3-14-25-23(28)19-8-5-7-18(16-19)20-9-6-15-27(17-20)24(29)26-21-10-12-22(13-11-21)30-4-2/h5,7-8,10-13,16,20H,3-4,6,9,14-15,17H2,1-2H3,(H,25,28)(H,26,29)/t20-/m0/s1. The van der Waals surface area contributed by atoms with Crippen molar-refractivity contribution in [2.45, 2.75) is 39.0 Å². The smallest absolute Gasteiger partial charge is 0.321 e. The SMILES string of the molecule is CCCNC(=O)c1cccc([C@H]2CCCN(C(=O)Nc3ccc(OCC)cc3)C2)c1. The van der Waals surface area contributed by atoms with Gasteiger partial charge in [-0.1, -0.05) is 19.1 Å². The molecule has 0 radical (unpaired) electrons. The molecule has 6 nitrogen and oxygen atoms in total. The van der Waals surface area contributed by atoms with Gasteiger partial charge < -0.3 is 20.3 Å². The van der Waals surface area contributed by atoms with Gasteiger partial charge in [0.15, 0.2) is 0 Å². The predicted molar refractivity (Wildman–Crippen MR) is 119 cm³/mol. The molecule has 2 aromatic carbocycles. The number of amides is 3. The molecule has 0 spiro atoms. The Kier molecular flexibility index (Phi) is 7.71. The molecule has 6 heteroatoms. The monoisotopic (exact) mass is 409 g/mol. The van der Waals surface area contributed by atoms with Gasteiger partial charge in [-0.2, -0.15) is 0 Å². The van der Waals surface area contributed by atoms with E-state index in [1.165, 1.54) is 0 Å². The second-order valence-electron chi connectivity index (χ2n) is 7.55. The van der Waals surface area contributed by atoms with Crippen molar-refractivity contribution < 1.29 is 14.3 Å². The maximum Gasteiger partial charge on any atom is 0.321 e. The Balaban J connectivity index is 1.62. The van der Waals surface area contributed by atoms with Crippen LogP contribution in [0.4, 0.5) is 10.5 Å². The molecule has 160 valence electrons. The number of rotatable bonds is 7. The molecular formula is C24H31N3O3. The first-order valence-corrected chi connectivity index (χ1v) is 10.8. The average Bonchev–Trinajstić information content (AvgIpc) is 2.79. The molecule has 1 heterocycles. The van der Waals surface area contributed by atoms with E-state index in [1.807, 2.05) is 61.2 Å². The Labute approximate surface area is 178 Å². The Morgan fingerprint density at radius 3 is 2.67 bits per heavy atom. The van der Waals surface area contributed by atoms with E-state index in [2.05, 4.69) is 16.7 Å². The second kappa shape index (κ2) is 10.7. The number of nitrogens with one attached hydrogen (secondary N) is 2. The number of hydrogen-bond donors (Lipinski definition) is 2. The number of carbonyl (C=O) groups is 2. The van der Waals surface area contributed by atoms with Gasteiger partial charge >= 0.3 is 6.03 Å². The van der Waals surface area contributed by atoms with E-state index in [9.17, 15) is 9.59 Å². The molecule has 0 bridgehead atoms. The van der Waals surface area contributed by atoms with Crippen LogP contribution in [0.15, 0.2) is 48.5 Å². The van der Waals surface area contributed by atoms with Crippen molar-refractivity contribution in [2.24, 2.45) is 0 Å². The largest absolute Gasteiger partial charge is 0.494 e. The van der Waals surface area contributed by atoms with Gasteiger partial charge in [-0.05, 0) is 68.1 Å². The minimum Gasteiger partial charge on any atom is -0.494 e. The molecule has 1 fully saturated rings. The molecule has 0 unspecified atom stereocenters. The van der Waals surface area contributed by atoms with Crippen LogP contribution in [-0.4, -0.2) is 43.1 Å². The van der Waals surface area contributed by atoms with Crippen LogP contribution in [0, 0.1) is 0 Å². The van der Waals surface area contributed by atoms with E-state index >= 15 is 0 Å². The van der Waals surface area contributed by atoms with E-state index in [0.29, 0.717) is 25.3 Å². The van der Waals surface area contributed by atoms with Gasteiger partial charge in [0.25, 0.3) is 5.91 Å². The highest BCUT2D eigenvalue weighted by atomic mass is 16.5. The summed E-state index contributed by atoms with van der Waals surface area (Å²) in [5.74, 6) is 0.972. The van der Waals surface area contributed by atoms with Crippen LogP contribution in [0.5, 0.6) is 5.75 Å². The summed E-state index contributed by atoms with van der Waals surface area (Å²) in [4.78, 5) is 26.9. The van der Waals surface area contributed by atoms with E-state index in [0.717, 1.165) is 42.8 Å². The number of piperidine rings is 1. The molecule has 0 aliphatic carbocycles. The fourth-order valence-corrected chi connectivity index (χ4v) is 3.71. The summed E-state index contributed by atoms with van der Waals surface area (Å²) in [7, 11) is 0. The van der Waals surface area contributed by atoms with Crippen molar-refractivity contribution in [3.05, 3.63) is 59.7 Å². The lowest BCUT2D eigenvalue weighted by molar-refractivity contribution is 0.0953. The van der Waals surface area contributed by atoms with Crippen LogP contribution in [0.1, 0.15) is 54.9 Å². The Morgan fingerprint density at radius 2 is 1.93 bits per heavy atom. The van der Waals surface area contributed by atoms with E-state index < -0.39 is 0 Å². The summed E-state index contributed by atoms with van der Waals surface area (Å²) in [5, 5.41) is 5.90. The number of hydrogen-bond acceptors (Lipinski definition) is 3. The number of urea groups is 1. The molecule has 1 aliphatic rings. The van der Waals surface area contributed by atoms with Crippen molar-refractivity contribution in [1.82, 2.24) is 10.2 Å². The molecule has 30 heavy (non-hydrogen) atoms. The van der Waals surface area contributed by atoms with Crippen molar-refractivity contribution in [3.63, 3.8) is 0 Å². The lowest BCUT2D eigenvalue weighted by Crippen LogP contribution is -2.41. The fourth-order valence-electron chi connectivity index (χ4n) is 3.71. The van der Waals surface area contributed by atoms with Crippen LogP contribution in [0.3, 0.4) is 0 Å². The van der Waals surface area contributed by atoms with Crippen LogP contribution in [0.2, 0.25) is 0 Å². The maximum atomic E-state index is 12.8. The lowest BCUT2D eigenvalue weighted by atomic mass is 9.89. The zero-order chi connectivity index (χ0) is 21.3. The Hall–Kier alpha value is -3.02. The molecule has 1 aliphatic heterocycles. The maximum absolute atomic E-state index is 12.8. The first-order chi connectivity index (χ1) is 14.6. The van der Waals surface area contributed by atoms with Gasteiger partial charge in [0, 0.05) is 36.8 Å². The zero-order valence-corrected chi connectivity index (χ0v) is 17.8. The minimum absolute atomic E-state index is 0.0420. The lowest BCUT2D eigenvalue weighted by Gasteiger charge is -2.33. The number of nitrogens with zero attached hydrogens (tertiary/aromatic N) is 1. The van der Waals surface area contributed by atoms with E-state index in [4.69, 9.17) is 4.74 Å². The van der Waals surface area contributed by atoms with Crippen molar-refractivity contribution in [1.29, 1.82) is 0 Å². The average molecular weight is 410 g/mol. The molecule has 3 amide bonds. The highest BCUT2D eigenvalue weighted by Gasteiger charge is 2.25. The molecule has 2 N–H and O–H groups in total. The van der Waals surface area contributed by atoms with Crippen molar-refractivity contribution in [2.75, 3.05) is 31.6 Å². The second-order valence-corrected chi connectivity index (χ2v) is 7.55. The molecular weight excluding hydrogens is 378 g/mol. The normalized spacial score (nSPS) is 16.1. The molecule has 1 saturated heterocycles. The van der Waals surface area contributed by atoms with Crippen LogP contribution < -0.4 is 15.4 Å². The van der Waals surface area contributed by atoms with Gasteiger partial charge in [0.1, 0.15) is 5.75 Å². The number of anilines is 1. The fraction of sp³-hybridized carbons (Fsp3) is 0.417. The molecule has 1 atom stereocenters. The Bertz CT molecular complexity index is 851. The molecule has 0 saturated carbocycles. The number of ether oxygens (including phenoxy) is 1. The summed E-state index contributed by atoms with van der Waals surface area (Å²) < 4.78 is 5.44. The molecule has 3 rings (SSSR count). The van der Waals surface area contributed by atoms with Gasteiger partial charge in [-0.25, -0.2) is 4.79 Å². The summed E-state index contributed by atoms with van der Waals surface area (Å²) in [6, 6.07) is 15.1. The summed E-state index contributed by atoms with van der Waals surface area (Å²) in [5.41, 5.74) is 2.54.